The minimum absolute atomic E-state index is 0.208. The predicted molar refractivity (Wildman–Crippen MR) is 106 cm³/mol. The van der Waals surface area contributed by atoms with Gasteiger partial charge in [-0.15, -0.1) is 0 Å². The van der Waals surface area contributed by atoms with Crippen molar-refractivity contribution in [2.24, 2.45) is 0 Å². The maximum absolute atomic E-state index is 2.32. The molecule has 0 radical (unpaired) electrons. The van der Waals surface area contributed by atoms with E-state index in [0.717, 1.165) is 6.42 Å². The zero-order valence-electron chi connectivity index (χ0n) is 15.9. The van der Waals surface area contributed by atoms with Gasteiger partial charge in [0.2, 0.25) is 0 Å². The van der Waals surface area contributed by atoms with E-state index in [9.17, 15) is 0 Å². The average molecular weight is 319 g/mol. The normalized spacial score (nSPS) is 14.2. The molecule has 0 bridgehead atoms. The lowest BCUT2D eigenvalue weighted by Gasteiger charge is -2.20. The van der Waals surface area contributed by atoms with E-state index in [1.807, 2.05) is 0 Å². The number of hydrogen-bond donors (Lipinski definition) is 0. The third-order valence-corrected chi connectivity index (χ3v) is 5.27. The van der Waals surface area contributed by atoms with Crippen LogP contribution in [0.15, 0.2) is 48.0 Å². The van der Waals surface area contributed by atoms with Crippen LogP contribution in [0, 0.1) is 0 Å². The summed E-state index contributed by atoms with van der Waals surface area (Å²) in [6, 6.07) is 16.0. The van der Waals surface area contributed by atoms with E-state index in [-0.39, 0.29) is 5.41 Å². The lowest BCUT2D eigenvalue weighted by atomic mass is 9.85. The van der Waals surface area contributed by atoms with Crippen molar-refractivity contribution in [3.63, 3.8) is 0 Å². The molecule has 126 valence electrons. The molecule has 0 saturated heterocycles. The SMILES string of the molecule is CCCCC1=C(C)Cc2cccc(-c3ccc(C(C)(C)C)cc3)c21. The average Bonchev–Trinajstić information content (AvgIpc) is 2.87. The van der Waals surface area contributed by atoms with Crippen molar-refractivity contribution in [3.8, 4) is 11.1 Å². The molecule has 0 heteroatoms. The zero-order chi connectivity index (χ0) is 17.3. The summed E-state index contributed by atoms with van der Waals surface area (Å²) in [5.41, 5.74) is 10.6. The van der Waals surface area contributed by atoms with Gasteiger partial charge >= 0.3 is 0 Å². The van der Waals surface area contributed by atoms with Crippen LogP contribution in [0.25, 0.3) is 16.7 Å². The Bertz CT molecular complexity index is 752. The molecule has 3 rings (SSSR count). The van der Waals surface area contributed by atoms with E-state index in [1.54, 1.807) is 11.1 Å². The Hall–Kier alpha value is -1.82. The van der Waals surface area contributed by atoms with Crippen LogP contribution in [0.3, 0.4) is 0 Å². The molecule has 0 atom stereocenters. The van der Waals surface area contributed by atoms with Crippen LogP contribution >= 0.6 is 0 Å². The van der Waals surface area contributed by atoms with Crippen molar-refractivity contribution in [1.29, 1.82) is 0 Å². The largest absolute Gasteiger partial charge is 0.0654 e. The molecule has 0 saturated carbocycles. The molecular weight excluding hydrogens is 288 g/mol. The van der Waals surface area contributed by atoms with Gasteiger partial charge in [0.1, 0.15) is 0 Å². The van der Waals surface area contributed by atoms with Crippen LogP contribution in [0.2, 0.25) is 0 Å². The third-order valence-electron chi connectivity index (χ3n) is 5.27. The van der Waals surface area contributed by atoms with Gasteiger partial charge in [0, 0.05) is 0 Å². The second kappa shape index (κ2) is 6.59. The second-order valence-corrected chi connectivity index (χ2v) is 8.21. The fraction of sp³-hybridized carbons (Fsp3) is 0.417. The topological polar surface area (TPSA) is 0 Å². The summed E-state index contributed by atoms with van der Waals surface area (Å²) in [6.07, 6.45) is 4.88. The van der Waals surface area contributed by atoms with Crippen LogP contribution in [-0.2, 0) is 11.8 Å². The Kier molecular flexibility index (Phi) is 4.67. The van der Waals surface area contributed by atoms with E-state index >= 15 is 0 Å². The molecule has 0 N–H and O–H groups in total. The molecule has 0 aromatic heterocycles. The maximum atomic E-state index is 2.32. The van der Waals surface area contributed by atoms with Crippen LogP contribution in [0.1, 0.15) is 70.6 Å². The van der Waals surface area contributed by atoms with Crippen LogP contribution in [0.4, 0.5) is 0 Å². The lowest BCUT2D eigenvalue weighted by Crippen LogP contribution is -2.10. The first-order valence-corrected chi connectivity index (χ1v) is 9.33. The highest BCUT2D eigenvalue weighted by molar-refractivity contribution is 5.87. The summed E-state index contributed by atoms with van der Waals surface area (Å²) >= 11 is 0. The molecule has 2 aromatic rings. The quantitative estimate of drug-likeness (QED) is 0.560. The molecule has 0 unspecified atom stereocenters. The summed E-state index contributed by atoms with van der Waals surface area (Å²) in [6.45, 7) is 11.4. The minimum Gasteiger partial charge on any atom is -0.0654 e. The fourth-order valence-corrected chi connectivity index (χ4v) is 3.79. The highest BCUT2D eigenvalue weighted by Crippen LogP contribution is 2.42. The van der Waals surface area contributed by atoms with E-state index in [2.05, 4.69) is 77.1 Å². The summed E-state index contributed by atoms with van der Waals surface area (Å²) in [5, 5.41) is 0. The van der Waals surface area contributed by atoms with E-state index in [4.69, 9.17) is 0 Å². The Morgan fingerprint density at radius 3 is 2.29 bits per heavy atom. The molecule has 0 heterocycles. The molecule has 1 aliphatic carbocycles. The van der Waals surface area contributed by atoms with E-state index in [0.29, 0.717) is 0 Å². The smallest absolute Gasteiger partial charge is 0.00576 e. The highest BCUT2D eigenvalue weighted by Gasteiger charge is 2.22. The number of fused-ring (bicyclic) bond motifs is 1. The molecular formula is C24H30. The van der Waals surface area contributed by atoms with Gasteiger partial charge in [0.25, 0.3) is 0 Å². The molecule has 0 spiro atoms. The lowest BCUT2D eigenvalue weighted by molar-refractivity contribution is 0.590. The maximum Gasteiger partial charge on any atom is -0.00576 e. The van der Waals surface area contributed by atoms with E-state index in [1.165, 1.54) is 47.1 Å². The van der Waals surface area contributed by atoms with Gasteiger partial charge in [-0.1, -0.05) is 82.2 Å². The van der Waals surface area contributed by atoms with Gasteiger partial charge < -0.3 is 0 Å². The number of rotatable bonds is 4. The first-order valence-electron chi connectivity index (χ1n) is 9.33. The number of hydrogen-bond acceptors (Lipinski definition) is 0. The van der Waals surface area contributed by atoms with Crippen molar-refractivity contribution in [2.45, 2.75) is 65.7 Å². The summed E-state index contributed by atoms with van der Waals surface area (Å²) < 4.78 is 0. The van der Waals surface area contributed by atoms with Crippen molar-refractivity contribution >= 4 is 5.57 Å². The summed E-state index contributed by atoms with van der Waals surface area (Å²) in [5.74, 6) is 0. The number of unbranched alkanes of at least 4 members (excludes halogenated alkanes) is 1. The standard InChI is InChI=1S/C24H30/c1-6-7-10-21-17(2)16-19-9-8-11-22(23(19)21)18-12-14-20(15-13-18)24(3,4)5/h8-9,11-15H,6-7,10,16H2,1-5H3. The van der Waals surface area contributed by atoms with Gasteiger partial charge in [0.05, 0.1) is 0 Å². The monoisotopic (exact) mass is 318 g/mol. The van der Waals surface area contributed by atoms with E-state index < -0.39 is 0 Å². The molecule has 2 aromatic carbocycles. The van der Waals surface area contributed by atoms with Crippen LogP contribution in [-0.4, -0.2) is 0 Å². The minimum atomic E-state index is 0.208. The Balaban J connectivity index is 2.04. The molecule has 0 nitrogen and oxygen atoms in total. The molecule has 0 aliphatic heterocycles. The molecule has 0 fully saturated rings. The first-order chi connectivity index (χ1) is 11.4. The molecule has 1 aliphatic rings. The van der Waals surface area contributed by atoms with Gasteiger partial charge in [-0.2, -0.15) is 0 Å². The highest BCUT2D eigenvalue weighted by atomic mass is 14.3. The van der Waals surface area contributed by atoms with Crippen LogP contribution < -0.4 is 0 Å². The number of benzene rings is 2. The van der Waals surface area contributed by atoms with Crippen molar-refractivity contribution in [1.82, 2.24) is 0 Å². The van der Waals surface area contributed by atoms with Gasteiger partial charge in [-0.05, 0) is 65.0 Å². The Morgan fingerprint density at radius 1 is 0.958 bits per heavy atom. The van der Waals surface area contributed by atoms with Crippen molar-refractivity contribution in [2.75, 3.05) is 0 Å². The van der Waals surface area contributed by atoms with Crippen molar-refractivity contribution in [3.05, 3.63) is 64.7 Å². The second-order valence-electron chi connectivity index (χ2n) is 8.21. The Labute approximate surface area is 147 Å². The zero-order valence-corrected chi connectivity index (χ0v) is 15.9. The third kappa shape index (κ3) is 3.20. The summed E-state index contributed by atoms with van der Waals surface area (Å²) in [7, 11) is 0. The molecule has 24 heavy (non-hydrogen) atoms. The Morgan fingerprint density at radius 2 is 1.67 bits per heavy atom. The fourth-order valence-electron chi connectivity index (χ4n) is 3.79. The number of allylic oxidation sites excluding steroid dienone is 2. The van der Waals surface area contributed by atoms with Crippen LogP contribution in [0.5, 0.6) is 0 Å². The molecule has 0 amide bonds. The first kappa shape index (κ1) is 17.0. The van der Waals surface area contributed by atoms with Gasteiger partial charge in [0.15, 0.2) is 0 Å². The van der Waals surface area contributed by atoms with Gasteiger partial charge in [-0.3, -0.25) is 0 Å². The van der Waals surface area contributed by atoms with Crippen molar-refractivity contribution < 1.29 is 0 Å². The predicted octanol–water partition coefficient (Wildman–Crippen LogP) is 7.17. The van der Waals surface area contributed by atoms with Gasteiger partial charge in [-0.25, -0.2) is 0 Å². The summed E-state index contributed by atoms with van der Waals surface area (Å²) in [4.78, 5) is 0.